The van der Waals surface area contributed by atoms with Crippen LogP contribution in [-0.2, 0) is 0 Å². The number of hydrogen-bond acceptors (Lipinski definition) is 1. The largest absolute Gasteiger partial charge is 0.314 e. The maximum Gasteiger partial charge on any atom is 0.0487 e. The molecule has 1 aliphatic rings. The van der Waals surface area contributed by atoms with Crippen LogP contribution in [0.1, 0.15) is 18.9 Å². The van der Waals surface area contributed by atoms with E-state index < -0.39 is 0 Å². The maximum absolute atomic E-state index is 2.38. The van der Waals surface area contributed by atoms with Crippen LogP contribution in [0.15, 0.2) is 78.5 Å². The van der Waals surface area contributed by atoms with Crippen LogP contribution in [0, 0.1) is 12.8 Å². The molecule has 0 spiro atoms. The Hall–Kier alpha value is -2.28. The van der Waals surface area contributed by atoms with Crippen molar-refractivity contribution in [1.29, 1.82) is 0 Å². The lowest BCUT2D eigenvalue weighted by molar-refractivity contribution is 0.696. The fourth-order valence-corrected chi connectivity index (χ4v) is 2.84. The molecule has 3 rings (SSSR count). The van der Waals surface area contributed by atoms with Gasteiger partial charge in [0.25, 0.3) is 0 Å². The van der Waals surface area contributed by atoms with Crippen molar-refractivity contribution in [3.8, 4) is 0 Å². The Balaban J connectivity index is 2.10. The molecule has 0 fully saturated rings. The predicted molar refractivity (Wildman–Crippen MR) is 90.8 cm³/mol. The summed E-state index contributed by atoms with van der Waals surface area (Å²) in [5, 5.41) is 0. The molecule has 1 aliphatic carbocycles. The highest BCUT2D eigenvalue weighted by Crippen LogP contribution is 2.35. The minimum absolute atomic E-state index is 0.584. The van der Waals surface area contributed by atoms with Gasteiger partial charge in [0.05, 0.1) is 0 Å². The second-order valence-corrected chi connectivity index (χ2v) is 5.68. The third kappa shape index (κ3) is 2.92. The second kappa shape index (κ2) is 6.01. The van der Waals surface area contributed by atoms with Crippen LogP contribution in [0.25, 0.3) is 0 Å². The summed E-state index contributed by atoms with van der Waals surface area (Å²) < 4.78 is 0. The van der Waals surface area contributed by atoms with E-state index in [2.05, 4.69) is 91.6 Å². The van der Waals surface area contributed by atoms with E-state index in [1.165, 1.54) is 22.6 Å². The highest BCUT2D eigenvalue weighted by molar-refractivity contribution is 5.71. The van der Waals surface area contributed by atoms with E-state index in [0.717, 1.165) is 6.42 Å². The van der Waals surface area contributed by atoms with Gasteiger partial charge in [-0.15, -0.1) is 0 Å². The van der Waals surface area contributed by atoms with Gasteiger partial charge in [0, 0.05) is 17.1 Å². The number of anilines is 2. The van der Waals surface area contributed by atoms with Crippen LogP contribution < -0.4 is 4.90 Å². The third-order valence-corrected chi connectivity index (χ3v) is 3.92. The zero-order chi connectivity index (χ0) is 14.7. The standard InChI is InChI=1S/C20H21N/c1-16-9-8-13-19(15-16)21(18-11-4-3-5-12-18)20-14-7-6-10-17(20)2/h3-14,16H,15H2,1-2H3. The zero-order valence-electron chi connectivity index (χ0n) is 12.7. The molecule has 106 valence electrons. The lowest BCUT2D eigenvalue weighted by Gasteiger charge is -2.31. The summed E-state index contributed by atoms with van der Waals surface area (Å²) in [6.07, 6.45) is 7.75. The average Bonchev–Trinajstić information content (AvgIpc) is 2.51. The highest BCUT2D eigenvalue weighted by Gasteiger charge is 2.18. The van der Waals surface area contributed by atoms with Gasteiger partial charge in [0.15, 0.2) is 0 Å². The number of allylic oxidation sites excluding steroid dienone is 4. The first kappa shape index (κ1) is 13.7. The molecule has 0 saturated heterocycles. The van der Waals surface area contributed by atoms with Gasteiger partial charge in [0.2, 0.25) is 0 Å². The summed E-state index contributed by atoms with van der Waals surface area (Å²) in [5.41, 5.74) is 5.13. The second-order valence-electron chi connectivity index (χ2n) is 5.68. The van der Waals surface area contributed by atoms with Crippen LogP contribution in [-0.4, -0.2) is 0 Å². The molecule has 0 bridgehead atoms. The van der Waals surface area contributed by atoms with Crippen LogP contribution in [0.2, 0.25) is 0 Å². The van der Waals surface area contributed by atoms with Crippen molar-refractivity contribution in [2.75, 3.05) is 4.90 Å². The summed E-state index contributed by atoms with van der Waals surface area (Å²) in [4.78, 5) is 2.38. The normalized spacial score (nSPS) is 17.4. The monoisotopic (exact) mass is 275 g/mol. The lowest BCUT2D eigenvalue weighted by atomic mass is 9.98. The molecular formula is C20H21N. The van der Waals surface area contributed by atoms with Gasteiger partial charge in [-0.2, -0.15) is 0 Å². The van der Waals surface area contributed by atoms with Gasteiger partial charge in [-0.3, -0.25) is 0 Å². The van der Waals surface area contributed by atoms with E-state index in [4.69, 9.17) is 0 Å². The highest BCUT2D eigenvalue weighted by atomic mass is 15.1. The first-order valence-electron chi connectivity index (χ1n) is 7.54. The van der Waals surface area contributed by atoms with Crippen molar-refractivity contribution < 1.29 is 0 Å². The summed E-state index contributed by atoms with van der Waals surface area (Å²) in [5.74, 6) is 0.584. The smallest absolute Gasteiger partial charge is 0.0487 e. The number of benzene rings is 2. The Morgan fingerprint density at radius 2 is 1.67 bits per heavy atom. The molecule has 1 nitrogen and oxygen atoms in total. The van der Waals surface area contributed by atoms with Crippen molar-refractivity contribution >= 4 is 11.4 Å². The molecule has 0 radical (unpaired) electrons. The fourth-order valence-electron chi connectivity index (χ4n) is 2.84. The molecule has 1 atom stereocenters. The van der Waals surface area contributed by atoms with Gasteiger partial charge in [-0.1, -0.05) is 55.5 Å². The van der Waals surface area contributed by atoms with Crippen molar-refractivity contribution in [3.63, 3.8) is 0 Å². The summed E-state index contributed by atoms with van der Waals surface area (Å²) in [6.45, 7) is 4.44. The predicted octanol–water partition coefficient (Wildman–Crippen LogP) is 5.61. The molecular weight excluding hydrogens is 254 g/mol. The van der Waals surface area contributed by atoms with Crippen LogP contribution in [0.3, 0.4) is 0 Å². The van der Waals surface area contributed by atoms with E-state index in [1.807, 2.05) is 0 Å². The van der Waals surface area contributed by atoms with E-state index in [9.17, 15) is 0 Å². The van der Waals surface area contributed by atoms with Crippen molar-refractivity contribution in [3.05, 3.63) is 84.1 Å². The molecule has 1 heteroatoms. The Kier molecular flexibility index (Phi) is 3.92. The van der Waals surface area contributed by atoms with E-state index in [0.29, 0.717) is 5.92 Å². The number of para-hydroxylation sites is 2. The van der Waals surface area contributed by atoms with Crippen LogP contribution in [0.5, 0.6) is 0 Å². The molecule has 2 aromatic carbocycles. The van der Waals surface area contributed by atoms with E-state index >= 15 is 0 Å². The number of hydrogen-bond donors (Lipinski definition) is 0. The van der Waals surface area contributed by atoms with E-state index in [1.54, 1.807) is 0 Å². The van der Waals surface area contributed by atoms with Gasteiger partial charge < -0.3 is 4.90 Å². The quantitative estimate of drug-likeness (QED) is 0.703. The Labute approximate surface area is 127 Å². The fraction of sp³-hybridized carbons (Fsp3) is 0.200. The molecule has 1 unspecified atom stereocenters. The molecule has 0 amide bonds. The molecule has 2 aromatic rings. The molecule has 0 heterocycles. The van der Waals surface area contributed by atoms with Gasteiger partial charge >= 0.3 is 0 Å². The Morgan fingerprint density at radius 1 is 0.952 bits per heavy atom. The van der Waals surface area contributed by atoms with E-state index in [-0.39, 0.29) is 0 Å². The summed E-state index contributed by atoms with van der Waals surface area (Å²) in [6, 6.07) is 19.2. The number of rotatable bonds is 3. The molecule has 0 saturated carbocycles. The summed E-state index contributed by atoms with van der Waals surface area (Å²) in [7, 11) is 0. The minimum Gasteiger partial charge on any atom is -0.314 e. The zero-order valence-corrected chi connectivity index (χ0v) is 12.7. The summed E-state index contributed by atoms with van der Waals surface area (Å²) >= 11 is 0. The lowest BCUT2D eigenvalue weighted by Crippen LogP contribution is -2.20. The maximum atomic E-state index is 2.38. The number of aryl methyl sites for hydroxylation is 1. The van der Waals surface area contributed by atoms with Crippen molar-refractivity contribution in [2.24, 2.45) is 5.92 Å². The SMILES string of the molecule is Cc1ccccc1N(C1=CC=CC(C)C1)c1ccccc1. The molecule has 0 aromatic heterocycles. The van der Waals surface area contributed by atoms with Crippen LogP contribution >= 0.6 is 0 Å². The average molecular weight is 275 g/mol. The minimum atomic E-state index is 0.584. The molecule has 21 heavy (non-hydrogen) atoms. The Morgan fingerprint density at radius 3 is 2.38 bits per heavy atom. The number of nitrogens with zero attached hydrogens (tertiary/aromatic N) is 1. The van der Waals surface area contributed by atoms with Crippen LogP contribution in [0.4, 0.5) is 11.4 Å². The molecule has 0 aliphatic heterocycles. The van der Waals surface area contributed by atoms with Gasteiger partial charge in [0.1, 0.15) is 0 Å². The molecule has 0 N–H and O–H groups in total. The topological polar surface area (TPSA) is 3.24 Å². The van der Waals surface area contributed by atoms with Gasteiger partial charge in [-0.05, 0) is 49.1 Å². The third-order valence-electron chi connectivity index (χ3n) is 3.92. The van der Waals surface area contributed by atoms with Crippen molar-refractivity contribution in [2.45, 2.75) is 20.3 Å². The Bertz CT molecular complexity index is 667. The van der Waals surface area contributed by atoms with Gasteiger partial charge in [-0.25, -0.2) is 0 Å². The first-order valence-corrected chi connectivity index (χ1v) is 7.54. The first-order chi connectivity index (χ1) is 10.3. The van der Waals surface area contributed by atoms with Crippen molar-refractivity contribution in [1.82, 2.24) is 0 Å².